The molecule has 1 atom stereocenters. The summed E-state index contributed by atoms with van der Waals surface area (Å²) in [6.07, 6.45) is 1.13. The number of carboxylic acids is 1. The summed E-state index contributed by atoms with van der Waals surface area (Å²) >= 11 is 0. The van der Waals surface area contributed by atoms with Gasteiger partial charge in [0, 0.05) is 37.6 Å². The number of benzene rings is 1. The van der Waals surface area contributed by atoms with E-state index in [4.69, 9.17) is 0 Å². The van der Waals surface area contributed by atoms with Crippen LogP contribution in [-0.4, -0.2) is 46.3 Å². The fraction of sp³-hybridized carbons (Fsp3) is 0.250. The van der Waals surface area contributed by atoms with Gasteiger partial charge < -0.3 is 19.9 Å². The summed E-state index contributed by atoms with van der Waals surface area (Å²) in [6, 6.07) is 6.45. The Hall–Kier alpha value is -3.33. The summed E-state index contributed by atoms with van der Waals surface area (Å²) in [5.74, 6) is -2.51. The molecule has 1 saturated heterocycles. The number of carboxylic acid groups (broad SMARTS) is 1. The van der Waals surface area contributed by atoms with Crippen LogP contribution < -0.4 is 15.6 Å². The molecule has 1 fully saturated rings. The van der Waals surface area contributed by atoms with Gasteiger partial charge in [-0.1, -0.05) is 0 Å². The highest BCUT2D eigenvalue weighted by molar-refractivity contribution is 5.92. The molecule has 0 aliphatic carbocycles. The van der Waals surface area contributed by atoms with Crippen LogP contribution >= 0.6 is 0 Å². The number of anilines is 1. The molecule has 7 nitrogen and oxygen atoms in total. The quantitative estimate of drug-likeness (QED) is 0.701. The molecular weight excluding hydrogens is 382 g/mol. The SMILES string of the molecule is CC1CN(c2nc3c(cc2F)c(=O)c(C(=O)O)cn3-c2ccc(F)cc2)CCN1. The van der Waals surface area contributed by atoms with Crippen molar-refractivity contribution in [3.8, 4) is 5.69 Å². The lowest BCUT2D eigenvalue weighted by Gasteiger charge is -2.33. The van der Waals surface area contributed by atoms with Crippen LogP contribution in [0.1, 0.15) is 17.3 Å². The van der Waals surface area contributed by atoms with E-state index in [-0.39, 0.29) is 22.9 Å². The Bertz CT molecular complexity index is 1160. The maximum Gasteiger partial charge on any atom is 0.341 e. The molecule has 1 unspecified atom stereocenters. The van der Waals surface area contributed by atoms with Crippen molar-refractivity contribution in [2.24, 2.45) is 0 Å². The molecule has 4 rings (SSSR count). The van der Waals surface area contributed by atoms with Gasteiger partial charge in [0.15, 0.2) is 17.3 Å². The van der Waals surface area contributed by atoms with Gasteiger partial charge in [-0.15, -0.1) is 0 Å². The monoisotopic (exact) mass is 400 g/mol. The van der Waals surface area contributed by atoms with Crippen molar-refractivity contribution in [2.75, 3.05) is 24.5 Å². The fourth-order valence-electron chi connectivity index (χ4n) is 3.51. The largest absolute Gasteiger partial charge is 0.477 e. The zero-order chi connectivity index (χ0) is 20.7. The molecule has 1 aliphatic heterocycles. The molecule has 150 valence electrons. The first kappa shape index (κ1) is 19.0. The normalized spacial score (nSPS) is 16.9. The molecule has 2 aromatic heterocycles. The Morgan fingerprint density at radius 1 is 1.28 bits per heavy atom. The van der Waals surface area contributed by atoms with Gasteiger partial charge in [-0.2, -0.15) is 0 Å². The summed E-state index contributed by atoms with van der Waals surface area (Å²) in [5.41, 5.74) is -0.837. The van der Waals surface area contributed by atoms with Crippen LogP contribution in [0.3, 0.4) is 0 Å². The zero-order valence-electron chi connectivity index (χ0n) is 15.5. The van der Waals surface area contributed by atoms with E-state index in [1.54, 1.807) is 4.90 Å². The number of aromatic nitrogens is 2. The highest BCUT2D eigenvalue weighted by atomic mass is 19.1. The number of fused-ring (bicyclic) bond motifs is 1. The Morgan fingerprint density at radius 3 is 2.66 bits per heavy atom. The highest BCUT2D eigenvalue weighted by Gasteiger charge is 2.24. The first-order valence-electron chi connectivity index (χ1n) is 9.08. The third-order valence-electron chi connectivity index (χ3n) is 4.92. The van der Waals surface area contributed by atoms with E-state index in [9.17, 15) is 23.5 Å². The smallest absolute Gasteiger partial charge is 0.341 e. The molecule has 9 heteroatoms. The summed E-state index contributed by atoms with van der Waals surface area (Å²) < 4.78 is 29.6. The number of aromatic carboxylic acids is 1. The van der Waals surface area contributed by atoms with E-state index >= 15 is 0 Å². The number of hydrogen-bond acceptors (Lipinski definition) is 5. The first-order valence-corrected chi connectivity index (χ1v) is 9.08. The van der Waals surface area contributed by atoms with E-state index in [1.807, 2.05) is 6.92 Å². The van der Waals surface area contributed by atoms with Gasteiger partial charge in [-0.05, 0) is 37.3 Å². The maximum atomic E-state index is 14.9. The van der Waals surface area contributed by atoms with Crippen LogP contribution in [0.4, 0.5) is 14.6 Å². The molecule has 1 aliphatic rings. The molecule has 0 amide bonds. The lowest BCUT2D eigenvalue weighted by Crippen LogP contribution is -2.49. The number of pyridine rings is 2. The summed E-state index contributed by atoms with van der Waals surface area (Å²) in [7, 11) is 0. The van der Waals surface area contributed by atoms with Crippen molar-refractivity contribution < 1.29 is 18.7 Å². The number of rotatable bonds is 3. The number of nitrogens with zero attached hydrogens (tertiary/aromatic N) is 3. The minimum Gasteiger partial charge on any atom is -0.477 e. The summed E-state index contributed by atoms with van der Waals surface area (Å²) in [5, 5.41) is 12.5. The number of hydrogen-bond donors (Lipinski definition) is 2. The topological polar surface area (TPSA) is 87.5 Å². The van der Waals surface area contributed by atoms with Crippen LogP contribution in [-0.2, 0) is 0 Å². The lowest BCUT2D eigenvalue weighted by molar-refractivity contribution is 0.0695. The van der Waals surface area contributed by atoms with Crippen LogP contribution in [0.25, 0.3) is 16.7 Å². The van der Waals surface area contributed by atoms with Gasteiger partial charge in [0.1, 0.15) is 11.4 Å². The molecule has 3 aromatic rings. The predicted molar refractivity (Wildman–Crippen MR) is 104 cm³/mol. The van der Waals surface area contributed by atoms with Crippen LogP contribution in [0.15, 0.2) is 41.3 Å². The van der Waals surface area contributed by atoms with Crippen molar-refractivity contribution in [1.82, 2.24) is 14.9 Å². The van der Waals surface area contributed by atoms with E-state index in [0.717, 1.165) is 12.3 Å². The average molecular weight is 400 g/mol. The third-order valence-corrected chi connectivity index (χ3v) is 4.92. The second kappa shape index (κ2) is 7.25. The van der Waals surface area contributed by atoms with Crippen molar-refractivity contribution in [2.45, 2.75) is 13.0 Å². The standard InChI is InChI=1S/C20H18F2N4O3/c1-11-9-25(7-6-23-11)19-16(22)8-14-17(27)15(20(28)29)10-26(18(14)24-19)13-4-2-12(21)3-5-13/h2-5,8,10-11,23H,6-7,9H2,1H3,(H,28,29). The van der Waals surface area contributed by atoms with Crippen LogP contribution in [0, 0.1) is 11.6 Å². The fourth-order valence-corrected chi connectivity index (χ4v) is 3.51. The molecule has 0 bridgehead atoms. The van der Waals surface area contributed by atoms with E-state index in [2.05, 4.69) is 10.3 Å². The molecule has 2 N–H and O–H groups in total. The van der Waals surface area contributed by atoms with Gasteiger partial charge >= 0.3 is 5.97 Å². The van der Waals surface area contributed by atoms with E-state index < -0.39 is 28.6 Å². The second-order valence-corrected chi connectivity index (χ2v) is 6.99. The van der Waals surface area contributed by atoms with Crippen LogP contribution in [0.5, 0.6) is 0 Å². The van der Waals surface area contributed by atoms with Crippen molar-refractivity contribution in [3.63, 3.8) is 0 Å². The summed E-state index contributed by atoms with van der Waals surface area (Å²) in [4.78, 5) is 30.3. The maximum absolute atomic E-state index is 14.9. The summed E-state index contributed by atoms with van der Waals surface area (Å²) in [6.45, 7) is 3.69. The Labute approximate surface area is 164 Å². The molecule has 3 heterocycles. The van der Waals surface area contributed by atoms with Crippen LogP contribution in [0.2, 0.25) is 0 Å². The number of piperazine rings is 1. The Balaban J connectivity index is 1.99. The Morgan fingerprint density at radius 2 is 2.00 bits per heavy atom. The van der Waals surface area contributed by atoms with Gasteiger partial charge in [-0.25, -0.2) is 18.6 Å². The lowest BCUT2D eigenvalue weighted by atomic mass is 10.1. The van der Waals surface area contributed by atoms with E-state index in [1.165, 1.54) is 28.8 Å². The molecule has 29 heavy (non-hydrogen) atoms. The average Bonchev–Trinajstić information content (AvgIpc) is 2.69. The predicted octanol–water partition coefficient (Wildman–Crippen LogP) is 2.16. The first-order chi connectivity index (χ1) is 13.8. The minimum atomic E-state index is -1.44. The second-order valence-electron chi connectivity index (χ2n) is 6.99. The van der Waals surface area contributed by atoms with E-state index in [0.29, 0.717) is 25.3 Å². The van der Waals surface area contributed by atoms with Gasteiger partial charge in [0.25, 0.3) is 0 Å². The third kappa shape index (κ3) is 3.44. The van der Waals surface area contributed by atoms with Crippen molar-refractivity contribution in [3.05, 3.63) is 63.9 Å². The van der Waals surface area contributed by atoms with Crippen molar-refractivity contribution in [1.29, 1.82) is 0 Å². The minimum absolute atomic E-state index is 0.0872. The van der Waals surface area contributed by atoms with Gasteiger partial charge in [0.2, 0.25) is 5.43 Å². The molecule has 1 aromatic carbocycles. The number of carbonyl (C=O) groups is 1. The zero-order valence-corrected chi connectivity index (χ0v) is 15.5. The molecule has 0 spiro atoms. The molecule has 0 radical (unpaired) electrons. The highest BCUT2D eigenvalue weighted by Crippen LogP contribution is 2.24. The molecular formula is C20H18F2N4O3. The number of halogens is 2. The molecule has 0 saturated carbocycles. The van der Waals surface area contributed by atoms with Crippen molar-refractivity contribution >= 4 is 22.8 Å². The van der Waals surface area contributed by atoms with Gasteiger partial charge in [0.05, 0.1) is 5.39 Å². The Kier molecular flexibility index (Phi) is 4.75. The number of nitrogens with one attached hydrogen (secondary N) is 1. The van der Waals surface area contributed by atoms with Gasteiger partial charge in [-0.3, -0.25) is 4.79 Å².